The average molecular weight is 397 g/mol. The van der Waals surface area contributed by atoms with Gasteiger partial charge in [-0.05, 0) is 71.4 Å². The molecule has 0 aliphatic carbocycles. The van der Waals surface area contributed by atoms with Crippen molar-refractivity contribution in [2.75, 3.05) is 18.0 Å². The molecule has 2 aliphatic heterocycles. The van der Waals surface area contributed by atoms with Crippen LogP contribution in [0.15, 0.2) is 44.1 Å². The van der Waals surface area contributed by atoms with Gasteiger partial charge in [0.2, 0.25) is 0 Å². The van der Waals surface area contributed by atoms with Crippen LogP contribution in [0.1, 0.15) is 24.0 Å². The maximum absolute atomic E-state index is 12.7. The third kappa shape index (κ3) is 2.33. The smallest absolute Gasteiger partial charge is 0.345 e. The Morgan fingerprint density at radius 3 is 2.84 bits per heavy atom. The first-order valence-corrected chi connectivity index (χ1v) is 9.50. The van der Waals surface area contributed by atoms with Crippen LogP contribution < -0.4 is 10.5 Å². The van der Waals surface area contributed by atoms with E-state index in [2.05, 4.69) is 31.9 Å². The molecular weight excluding hydrogens is 380 g/mol. The van der Waals surface area contributed by atoms with Gasteiger partial charge in [0.05, 0.1) is 11.3 Å². The van der Waals surface area contributed by atoms with Gasteiger partial charge in [-0.3, -0.25) is 4.98 Å². The van der Waals surface area contributed by atoms with Crippen LogP contribution in [0.2, 0.25) is 0 Å². The van der Waals surface area contributed by atoms with Gasteiger partial charge < -0.3 is 9.32 Å². The lowest BCUT2D eigenvalue weighted by Crippen LogP contribution is -2.34. The summed E-state index contributed by atoms with van der Waals surface area (Å²) in [5.41, 5.74) is 5.49. The molecule has 5 rings (SSSR count). The van der Waals surface area contributed by atoms with E-state index in [1.807, 2.05) is 18.2 Å². The van der Waals surface area contributed by atoms with E-state index in [0.717, 1.165) is 47.8 Å². The molecule has 0 atom stereocenters. The Labute approximate surface area is 153 Å². The predicted molar refractivity (Wildman–Crippen MR) is 102 cm³/mol. The molecular formula is C20H17BrN2O2. The SMILES string of the molecule is O=c1oc2c3c4c(cc2cc1-c1ncccc1Br)CCCN4CCC3. The van der Waals surface area contributed by atoms with Crippen LogP contribution in [0.4, 0.5) is 5.69 Å². The molecule has 4 heterocycles. The highest BCUT2D eigenvalue weighted by molar-refractivity contribution is 9.10. The highest BCUT2D eigenvalue weighted by atomic mass is 79.9. The molecule has 3 aromatic rings. The van der Waals surface area contributed by atoms with Gasteiger partial charge in [0.1, 0.15) is 5.58 Å². The number of hydrogen-bond acceptors (Lipinski definition) is 4. The standard InChI is InChI=1S/C20H17BrN2O2/c21-16-6-1-7-22-17(16)15-11-13-10-12-4-2-8-23-9-3-5-14(18(12)23)19(13)25-20(15)24/h1,6-7,10-11H,2-5,8-9H2. The molecule has 0 radical (unpaired) electrons. The van der Waals surface area contributed by atoms with Gasteiger partial charge in [0, 0.05) is 40.4 Å². The van der Waals surface area contributed by atoms with Gasteiger partial charge in [-0.1, -0.05) is 0 Å². The third-order valence-electron chi connectivity index (χ3n) is 5.23. The molecule has 0 bridgehead atoms. The number of pyridine rings is 1. The Bertz CT molecular complexity index is 1060. The van der Waals surface area contributed by atoms with Crippen LogP contribution >= 0.6 is 15.9 Å². The van der Waals surface area contributed by atoms with E-state index in [0.29, 0.717) is 11.3 Å². The predicted octanol–water partition coefficient (Wildman–Crippen LogP) is 4.32. The highest BCUT2D eigenvalue weighted by Gasteiger charge is 2.27. The molecule has 0 fully saturated rings. The van der Waals surface area contributed by atoms with Gasteiger partial charge in [-0.15, -0.1) is 0 Å². The number of rotatable bonds is 1. The first-order valence-electron chi connectivity index (χ1n) is 8.71. The molecule has 2 aliphatic rings. The lowest BCUT2D eigenvalue weighted by atomic mass is 9.90. The van der Waals surface area contributed by atoms with Crippen LogP contribution in [0, 0.1) is 0 Å². The van der Waals surface area contributed by atoms with Crippen molar-refractivity contribution in [1.29, 1.82) is 0 Å². The van der Waals surface area contributed by atoms with Crippen LogP contribution in [0.5, 0.6) is 0 Å². The van der Waals surface area contributed by atoms with Crippen molar-refractivity contribution in [1.82, 2.24) is 4.98 Å². The van der Waals surface area contributed by atoms with Crippen molar-refractivity contribution in [3.8, 4) is 11.3 Å². The molecule has 2 aromatic heterocycles. The van der Waals surface area contributed by atoms with Crippen molar-refractivity contribution in [2.45, 2.75) is 25.7 Å². The van der Waals surface area contributed by atoms with Gasteiger partial charge in [0.15, 0.2) is 0 Å². The van der Waals surface area contributed by atoms with Crippen molar-refractivity contribution in [3.05, 3.63) is 56.5 Å². The highest BCUT2D eigenvalue weighted by Crippen LogP contribution is 2.40. The lowest BCUT2D eigenvalue weighted by Gasteiger charge is -2.37. The fourth-order valence-corrected chi connectivity index (χ4v) is 4.66. The van der Waals surface area contributed by atoms with Gasteiger partial charge in [-0.25, -0.2) is 4.79 Å². The molecule has 25 heavy (non-hydrogen) atoms. The van der Waals surface area contributed by atoms with Crippen LogP contribution in [-0.4, -0.2) is 18.1 Å². The number of halogens is 1. The van der Waals surface area contributed by atoms with E-state index in [1.54, 1.807) is 6.20 Å². The van der Waals surface area contributed by atoms with Crippen molar-refractivity contribution >= 4 is 32.6 Å². The fraction of sp³-hybridized carbons (Fsp3) is 0.300. The zero-order valence-electron chi connectivity index (χ0n) is 13.7. The topological polar surface area (TPSA) is 46.3 Å². The van der Waals surface area contributed by atoms with Crippen LogP contribution in [0.3, 0.4) is 0 Å². The molecule has 0 N–H and O–H groups in total. The fourth-order valence-electron chi connectivity index (χ4n) is 4.19. The first kappa shape index (κ1) is 15.1. The summed E-state index contributed by atoms with van der Waals surface area (Å²) in [5.74, 6) is 0. The molecule has 0 unspecified atom stereocenters. The monoisotopic (exact) mass is 396 g/mol. The maximum atomic E-state index is 12.7. The van der Waals surface area contributed by atoms with E-state index in [9.17, 15) is 4.79 Å². The largest absolute Gasteiger partial charge is 0.422 e. The quantitative estimate of drug-likeness (QED) is 0.574. The van der Waals surface area contributed by atoms with E-state index in [1.165, 1.54) is 23.2 Å². The minimum absolute atomic E-state index is 0.323. The third-order valence-corrected chi connectivity index (χ3v) is 5.87. The second-order valence-corrected chi connectivity index (χ2v) is 7.61. The Kier molecular flexibility index (Phi) is 3.45. The molecule has 5 heteroatoms. The Balaban J connectivity index is 1.81. The minimum atomic E-state index is -0.323. The molecule has 4 nitrogen and oxygen atoms in total. The summed E-state index contributed by atoms with van der Waals surface area (Å²) in [7, 11) is 0. The number of fused-ring (bicyclic) bond motifs is 2. The Morgan fingerprint density at radius 1 is 1.16 bits per heavy atom. The molecule has 0 saturated carbocycles. The van der Waals surface area contributed by atoms with E-state index >= 15 is 0 Å². The zero-order valence-corrected chi connectivity index (χ0v) is 15.3. The van der Waals surface area contributed by atoms with Gasteiger partial charge in [0.25, 0.3) is 0 Å². The average Bonchev–Trinajstić information content (AvgIpc) is 2.63. The summed E-state index contributed by atoms with van der Waals surface area (Å²) in [4.78, 5) is 19.5. The number of benzene rings is 1. The molecule has 0 spiro atoms. The number of nitrogens with zero attached hydrogens (tertiary/aromatic N) is 2. The first-order chi connectivity index (χ1) is 12.2. The second kappa shape index (κ2) is 5.70. The molecule has 0 saturated heterocycles. The molecule has 0 amide bonds. The van der Waals surface area contributed by atoms with E-state index in [-0.39, 0.29) is 5.63 Å². The minimum Gasteiger partial charge on any atom is -0.422 e. The molecule has 126 valence electrons. The second-order valence-electron chi connectivity index (χ2n) is 6.76. The molecule has 1 aromatic carbocycles. The van der Waals surface area contributed by atoms with E-state index in [4.69, 9.17) is 4.42 Å². The Morgan fingerprint density at radius 2 is 2.00 bits per heavy atom. The normalized spacial score (nSPS) is 16.1. The summed E-state index contributed by atoms with van der Waals surface area (Å²) in [6.07, 6.45) is 6.07. The van der Waals surface area contributed by atoms with Gasteiger partial charge >= 0.3 is 5.63 Å². The van der Waals surface area contributed by atoms with Gasteiger partial charge in [-0.2, -0.15) is 0 Å². The number of anilines is 1. The summed E-state index contributed by atoms with van der Waals surface area (Å²) in [6.45, 7) is 2.21. The maximum Gasteiger partial charge on any atom is 0.345 e. The van der Waals surface area contributed by atoms with Crippen LogP contribution in [0.25, 0.3) is 22.2 Å². The summed E-state index contributed by atoms with van der Waals surface area (Å²) >= 11 is 3.49. The summed E-state index contributed by atoms with van der Waals surface area (Å²) < 4.78 is 6.63. The number of aromatic nitrogens is 1. The van der Waals surface area contributed by atoms with Crippen LogP contribution in [-0.2, 0) is 12.8 Å². The van der Waals surface area contributed by atoms with Crippen molar-refractivity contribution in [2.24, 2.45) is 0 Å². The number of aryl methyl sites for hydroxylation is 2. The summed E-state index contributed by atoms with van der Waals surface area (Å²) in [5, 5.41) is 1.00. The van der Waals surface area contributed by atoms with E-state index < -0.39 is 0 Å². The number of hydrogen-bond donors (Lipinski definition) is 0. The van der Waals surface area contributed by atoms with Crippen molar-refractivity contribution in [3.63, 3.8) is 0 Å². The van der Waals surface area contributed by atoms with Crippen molar-refractivity contribution < 1.29 is 4.42 Å². The lowest BCUT2D eigenvalue weighted by molar-refractivity contribution is 0.551. The Hall–Kier alpha value is -2.14. The summed E-state index contributed by atoms with van der Waals surface area (Å²) in [6, 6.07) is 7.87. The zero-order chi connectivity index (χ0) is 17.0.